The number of nitrogens with zero attached hydrogens (tertiary/aromatic N) is 3. The topological polar surface area (TPSA) is 39.5 Å². The molecule has 3 aliphatic heterocycles. The highest BCUT2D eigenvalue weighted by Crippen LogP contribution is 2.39. The summed E-state index contributed by atoms with van der Waals surface area (Å²) in [6, 6.07) is 3.11. The van der Waals surface area contributed by atoms with E-state index in [1.165, 1.54) is 30.8 Å². The van der Waals surface area contributed by atoms with Gasteiger partial charge >= 0.3 is 0 Å². The maximum atomic E-state index is 9.28. The predicted molar refractivity (Wildman–Crippen MR) is 86.5 cm³/mol. The third-order valence-corrected chi connectivity index (χ3v) is 6.65. The first-order valence-electron chi connectivity index (χ1n) is 8.17. The predicted octanol–water partition coefficient (Wildman–Crippen LogP) is 1.96. The van der Waals surface area contributed by atoms with E-state index in [1.807, 2.05) is 25.6 Å². The number of hydrogen-bond donors (Lipinski definition) is 0. The van der Waals surface area contributed by atoms with Gasteiger partial charge in [-0.25, -0.2) is 0 Å². The second kappa shape index (κ2) is 6.08. The minimum absolute atomic E-state index is 0.177. The van der Waals surface area contributed by atoms with Gasteiger partial charge in [0.25, 0.3) is 0 Å². The quantitative estimate of drug-likeness (QED) is 0.780. The first-order valence-corrected chi connectivity index (χ1v) is 9.32. The summed E-state index contributed by atoms with van der Waals surface area (Å²) in [6.07, 6.45) is 3.62. The van der Waals surface area contributed by atoms with Gasteiger partial charge < -0.3 is 4.74 Å². The lowest BCUT2D eigenvalue weighted by molar-refractivity contribution is -0.0957. The van der Waals surface area contributed by atoms with Crippen molar-refractivity contribution >= 4 is 11.8 Å². The molecule has 118 valence electrons. The molecule has 0 aromatic heterocycles. The van der Waals surface area contributed by atoms with Crippen LogP contribution in [0.15, 0.2) is 0 Å². The fourth-order valence-corrected chi connectivity index (χ4v) is 5.27. The van der Waals surface area contributed by atoms with Crippen molar-refractivity contribution in [3.63, 3.8) is 0 Å². The van der Waals surface area contributed by atoms with E-state index >= 15 is 0 Å². The van der Waals surface area contributed by atoms with E-state index in [9.17, 15) is 5.26 Å². The van der Waals surface area contributed by atoms with Gasteiger partial charge in [0.05, 0.1) is 11.7 Å². The third-order valence-electron chi connectivity index (χ3n) is 5.43. The molecule has 0 saturated carbocycles. The molecule has 0 bridgehead atoms. The van der Waals surface area contributed by atoms with Gasteiger partial charge in [-0.2, -0.15) is 17.0 Å². The Balaban J connectivity index is 1.56. The van der Waals surface area contributed by atoms with E-state index < -0.39 is 0 Å². The summed E-state index contributed by atoms with van der Waals surface area (Å²) in [6.45, 7) is 9.20. The van der Waals surface area contributed by atoms with E-state index in [0.717, 1.165) is 32.8 Å². The van der Waals surface area contributed by atoms with Crippen LogP contribution in [0.3, 0.4) is 0 Å². The van der Waals surface area contributed by atoms with Crippen molar-refractivity contribution in [3.8, 4) is 6.07 Å². The molecule has 3 heterocycles. The van der Waals surface area contributed by atoms with E-state index in [0.29, 0.717) is 6.04 Å². The summed E-state index contributed by atoms with van der Waals surface area (Å²) in [5.41, 5.74) is -0.151. The average Bonchev–Trinajstić information content (AvgIpc) is 2.95. The summed E-state index contributed by atoms with van der Waals surface area (Å²) in [7, 11) is 0. The Morgan fingerprint density at radius 1 is 1.29 bits per heavy atom. The Kier molecular flexibility index (Phi) is 4.52. The molecule has 21 heavy (non-hydrogen) atoms. The van der Waals surface area contributed by atoms with Crippen LogP contribution in [-0.4, -0.2) is 71.3 Å². The van der Waals surface area contributed by atoms with Gasteiger partial charge in [-0.05, 0) is 38.9 Å². The molecule has 0 aromatic rings. The lowest BCUT2D eigenvalue weighted by atomic mass is 9.88. The zero-order chi connectivity index (χ0) is 14.9. The molecule has 2 atom stereocenters. The van der Waals surface area contributed by atoms with Crippen molar-refractivity contribution in [1.29, 1.82) is 5.26 Å². The molecule has 3 saturated heterocycles. The normalized spacial score (nSPS) is 36.0. The van der Waals surface area contributed by atoms with Gasteiger partial charge in [-0.1, -0.05) is 0 Å². The second-order valence-electron chi connectivity index (χ2n) is 7.17. The minimum Gasteiger partial charge on any atom is -0.374 e. The Labute approximate surface area is 132 Å². The molecule has 0 amide bonds. The Bertz CT molecular complexity index is 406. The SMILES string of the molecule is CC(C)(C#N)N1CCN(C2CCOC3(CCSC3)C2)CC1. The summed E-state index contributed by atoms with van der Waals surface area (Å²) in [5, 5.41) is 9.28. The maximum absolute atomic E-state index is 9.28. The molecule has 0 aliphatic carbocycles. The molecule has 3 fully saturated rings. The van der Waals surface area contributed by atoms with Crippen molar-refractivity contribution in [2.75, 3.05) is 44.3 Å². The monoisotopic (exact) mass is 309 g/mol. The Morgan fingerprint density at radius 2 is 2.05 bits per heavy atom. The van der Waals surface area contributed by atoms with Crippen LogP contribution < -0.4 is 0 Å². The van der Waals surface area contributed by atoms with E-state index in [4.69, 9.17) is 4.74 Å². The fourth-order valence-electron chi connectivity index (χ4n) is 3.89. The van der Waals surface area contributed by atoms with Crippen LogP contribution in [0.25, 0.3) is 0 Å². The minimum atomic E-state index is -0.328. The molecule has 0 aromatic carbocycles. The highest BCUT2D eigenvalue weighted by Gasteiger charge is 2.42. The molecule has 0 radical (unpaired) electrons. The van der Waals surface area contributed by atoms with Crippen molar-refractivity contribution in [2.24, 2.45) is 0 Å². The lowest BCUT2D eigenvalue weighted by Gasteiger charge is -2.47. The van der Waals surface area contributed by atoms with Crippen LogP contribution in [0.5, 0.6) is 0 Å². The second-order valence-corrected chi connectivity index (χ2v) is 8.28. The Hall–Kier alpha value is -0.280. The zero-order valence-corrected chi connectivity index (χ0v) is 14.1. The highest BCUT2D eigenvalue weighted by molar-refractivity contribution is 7.99. The third kappa shape index (κ3) is 3.24. The molecule has 3 rings (SSSR count). The number of hydrogen-bond acceptors (Lipinski definition) is 5. The Morgan fingerprint density at radius 3 is 2.67 bits per heavy atom. The number of thioether (sulfide) groups is 1. The number of ether oxygens (including phenoxy) is 1. The van der Waals surface area contributed by atoms with Crippen LogP contribution in [-0.2, 0) is 4.74 Å². The van der Waals surface area contributed by atoms with Crippen molar-refractivity contribution < 1.29 is 4.74 Å². The van der Waals surface area contributed by atoms with Crippen LogP contribution in [0, 0.1) is 11.3 Å². The standard InChI is InChI=1S/C16H27N3OS/c1-15(2,12-17)19-7-5-18(6-8-19)14-3-9-20-16(11-14)4-10-21-13-16/h14H,3-11,13H2,1-2H3. The van der Waals surface area contributed by atoms with Gasteiger partial charge in [0.1, 0.15) is 5.54 Å². The van der Waals surface area contributed by atoms with Crippen LogP contribution in [0.2, 0.25) is 0 Å². The number of rotatable bonds is 2. The summed E-state index contributed by atoms with van der Waals surface area (Å²) in [4.78, 5) is 4.97. The molecule has 1 spiro atoms. The van der Waals surface area contributed by atoms with E-state index in [2.05, 4.69) is 15.9 Å². The molecule has 0 N–H and O–H groups in total. The van der Waals surface area contributed by atoms with Crippen molar-refractivity contribution in [2.45, 2.75) is 50.3 Å². The fraction of sp³-hybridized carbons (Fsp3) is 0.938. The highest BCUT2D eigenvalue weighted by atomic mass is 32.2. The van der Waals surface area contributed by atoms with Gasteiger partial charge in [-0.3, -0.25) is 9.80 Å². The first kappa shape index (κ1) is 15.6. The summed E-state index contributed by atoms with van der Waals surface area (Å²) >= 11 is 2.05. The van der Waals surface area contributed by atoms with Gasteiger partial charge in [0, 0.05) is 44.6 Å². The van der Waals surface area contributed by atoms with Crippen molar-refractivity contribution in [3.05, 3.63) is 0 Å². The van der Waals surface area contributed by atoms with E-state index in [1.54, 1.807) is 0 Å². The summed E-state index contributed by atoms with van der Waals surface area (Å²) < 4.78 is 6.14. The van der Waals surface area contributed by atoms with Gasteiger partial charge in [0.2, 0.25) is 0 Å². The van der Waals surface area contributed by atoms with Gasteiger partial charge in [-0.15, -0.1) is 0 Å². The summed E-state index contributed by atoms with van der Waals surface area (Å²) in [5.74, 6) is 2.45. The molecular formula is C16H27N3OS. The maximum Gasteiger partial charge on any atom is 0.103 e. The van der Waals surface area contributed by atoms with Crippen LogP contribution in [0.1, 0.15) is 33.1 Å². The zero-order valence-electron chi connectivity index (χ0n) is 13.3. The molecule has 3 aliphatic rings. The van der Waals surface area contributed by atoms with Crippen molar-refractivity contribution in [1.82, 2.24) is 9.80 Å². The molecule has 5 heteroatoms. The number of nitriles is 1. The molecule has 4 nitrogen and oxygen atoms in total. The lowest BCUT2D eigenvalue weighted by Crippen LogP contribution is -2.58. The molecule has 2 unspecified atom stereocenters. The van der Waals surface area contributed by atoms with Gasteiger partial charge in [0.15, 0.2) is 0 Å². The molecular weight excluding hydrogens is 282 g/mol. The van der Waals surface area contributed by atoms with Crippen LogP contribution >= 0.6 is 11.8 Å². The average molecular weight is 309 g/mol. The largest absolute Gasteiger partial charge is 0.374 e. The number of piperazine rings is 1. The van der Waals surface area contributed by atoms with Crippen LogP contribution in [0.4, 0.5) is 0 Å². The van der Waals surface area contributed by atoms with E-state index in [-0.39, 0.29) is 11.1 Å². The smallest absolute Gasteiger partial charge is 0.103 e. The first-order chi connectivity index (χ1) is 10.0.